The topological polar surface area (TPSA) is 74.0 Å². The summed E-state index contributed by atoms with van der Waals surface area (Å²) in [4.78, 5) is 15.2. The summed E-state index contributed by atoms with van der Waals surface area (Å²) >= 11 is 0.989. The maximum absolute atomic E-state index is 13.7. The minimum Gasteiger partial charge on any atom is -0.478 e. The minimum atomic E-state index is -1.12. The van der Waals surface area contributed by atoms with Crippen LogP contribution in [0.4, 0.5) is 4.39 Å². The molecule has 100 valence electrons. The van der Waals surface area contributed by atoms with Crippen LogP contribution < -0.4 is 0 Å². The van der Waals surface area contributed by atoms with Gasteiger partial charge in [-0.25, -0.2) is 14.2 Å². The maximum atomic E-state index is 13.7. The molecule has 1 N–H and O–H groups in total. The highest BCUT2D eigenvalue weighted by Gasteiger charge is 2.11. The molecule has 20 heavy (non-hydrogen) atoms. The summed E-state index contributed by atoms with van der Waals surface area (Å²) in [6.07, 6.45) is 0. The number of nitrogens with zero attached hydrogens (tertiary/aromatic N) is 2. The lowest BCUT2D eigenvalue weighted by Gasteiger charge is -2.05. The first-order chi connectivity index (χ1) is 9.49. The molecule has 0 spiro atoms. The molecule has 0 aliphatic heterocycles. The fraction of sp³-hybridized carbons (Fsp3) is 0.0714. The van der Waals surface area contributed by atoms with E-state index in [9.17, 15) is 9.18 Å². The number of carboxylic acid groups (broad SMARTS) is 1. The third-order valence-electron chi connectivity index (χ3n) is 2.45. The first kappa shape index (κ1) is 14.0. The number of rotatable bonds is 3. The van der Waals surface area contributed by atoms with Crippen LogP contribution in [0.25, 0.3) is 0 Å². The Balaban J connectivity index is 2.39. The van der Waals surface area contributed by atoms with Gasteiger partial charge in [-0.2, -0.15) is 5.26 Å². The van der Waals surface area contributed by atoms with E-state index in [2.05, 4.69) is 4.98 Å². The van der Waals surface area contributed by atoms with Gasteiger partial charge in [-0.1, -0.05) is 11.8 Å². The second-order valence-corrected chi connectivity index (χ2v) is 5.06. The van der Waals surface area contributed by atoms with Gasteiger partial charge >= 0.3 is 5.97 Å². The van der Waals surface area contributed by atoms with Crippen LogP contribution in [0.2, 0.25) is 0 Å². The highest BCUT2D eigenvalue weighted by Crippen LogP contribution is 2.30. The zero-order valence-electron chi connectivity index (χ0n) is 10.4. The van der Waals surface area contributed by atoms with Crippen LogP contribution >= 0.6 is 11.8 Å². The lowest BCUT2D eigenvalue weighted by Crippen LogP contribution is -1.97. The summed E-state index contributed by atoms with van der Waals surface area (Å²) in [7, 11) is 0. The number of benzene rings is 1. The van der Waals surface area contributed by atoms with Gasteiger partial charge in [0.05, 0.1) is 22.1 Å². The summed E-state index contributed by atoms with van der Waals surface area (Å²) in [5, 5.41) is 18.2. The van der Waals surface area contributed by atoms with Crippen LogP contribution in [0.15, 0.2) is 40.3 Å². The van der Waals surface area contributed by atoms with Crippen LogP contribution in [-0.2, 0) is 0 Å². The molecule has 0 unspecified atom stereocenters. The Bertz CT molecular complexity index is 726. The Morgan fingerprint density at radius 1 is 1.40 bits per heavy atom. The van der Waals surface area contributed by atoms with E-state index in [0.717, 1.165) is 17.8 Å². The molecule has 1 aromatic heterocycles. The maximum Gasteiger partial charge on any atom is 0.335 e. The van der Waals surface area contributed by atoms with Crippen molar-refractivity contribution in [3.05, 3.63) is 53.0 Å². The highest BCUT2D eigenvalue weighted by molar-refractivity contribution is 7.99. The van der Waals surface area contributed by atoms with E-state index in [1.165, 1.54) is 18.2 Å². The van der Waals surface area contributed by atoms with Crippen molar-refractivity contribution in [1.29, 1.82) is 5.26 Å². The molecule has 0 aliphatic carbocycles. The van der Waals surface area contributed by atoms with Gasteiger partial charge in [-0.15, -0.1) is 0 Å². The molecule has 0 fully saturated rings. The first-order valence-corrected chi connectivity index (χ1v) is 6.41. The lowest BCUT2D eigenvalue weighted by molar-refractivity contribution is 0.0696. The molecule has 1 aromatic carbocycles. The Morgan fingerprint density at radius 2 is 2.15 bits per heavy atom. The minimum absolute atomic E-state index is 0.00191. The van der Waals surface area contributed by atoms with Gasteiger partial charge in [-0.3, -0.25) is 0 Å². The van der Waals surface area contributed by atoms with E-state index >= 15 is 0 Å². The van der Waals surface area contributed by atoms with E-state index < -0.39 is 11.8 Å². The summed E-state index contributed by atoms with van der Waals surface area (Å²) in [5.41, 5.74) is 1.07. The van der Waals surface area contributed by atoms with Gasteiger partial charge in [0.2, 0.25) is 0 Å². The van der Waals surface area contributed by atoms with Crippen molar-refractivity contribution < 1.29 is 14.3 Å². The molecule has 0 saturated heterocycles. The number of carbonyl (C=O) groups is 1. The average Bonchev–Trinajstić information content (AvgIpc) is 2.40. The van der Waals surface area contributed by atoms with Crippen LogP contribution in [0.3, 0.4) is 0 Å². The summed E-state index contributed by atoms with van der Waals surface area (Å²) in [6.45, 7) is 1.73. The number of aromatic nitrogens is 1. The molecule has 6 heteroatoms. The van der Waals surface area contributed by atoms with Crippen molar-refractivity contribution in [2.24, 2.45) is 0 Å². The van der Waals surface area contributed by atoms with Crippen molar-refractivity contribution in [3.63, 3.8) is 0 Å². The molecule has 0 bridgehead atoms. The second kappa shape index (κ2) is 5.72. The SMILES string of the molecule is Cc1cc(C#N)cc(Sc2cc(C(=O)O)ccc2F)n1. The fourth-order valence-electron chi connectivity index (χ4n) is 1.58. The number of hydrogen-bond donors (Lipinski definition) is 1. The van der Waals surface area contributed by atoms with Crippen molar-refractivity contribution >= 4 is 17.7 Å². The Hall–Kier alpha value is -2.39. The number of halogens is 1. The Morgan fingerprint density at radius 3 is 2.80 bits per heavy atom. The van der Waals surface area contributed by atoms with E-state index in [0.29, 0.717) is 16.3 Å². The molecule has 0 amide bonds. The molecule has 1 heterocycles. The summed E-state index contributed by atoms with van der Waals surface area (Å²) in [6, 6.07) is 8.70. The van der Waals surface area contributed by atoms with E-state index in [-0.39, 0.29) is 10.5 Å². The molecule has 0 radical (unpaired) electrons. The number of aromatic carboxylic acids is 1. The number of carboxylic acids is 1. The third kappa shape index (κ3) is 3.13. The van der Waals surface area contributed by atoms with E-state index in [4.69, 9.17) is 10.4 Å². The van der Waals surface area contributed by atoms with E-state index in [1.54, 1.807) is 13.0 Å². The largest absolute Gasteiger partial charge is 0.478 e. The third-order valence-corrected chi connectivity index (χ3v) is 3.40. The lowest BCUT2D eigenvalue weighted by atomic mass is 10.2. The molecular weight excluding hydrogens is 279 g/mol. The van der Waals surface area contributed by atoms with Crippen LogP contribution in [0.1, 0.15) is 21.6 Å². The van der Waals surface area contributed by atoms with Gasteiger partial charge in [-0.05, 0) is 37.3 Å². The van der Waals surface area contributed by atoms with E-state index in [1.807, 2.05) is 6.07 Å². The van der Waals surface area contributed by atoms with Gasteiger partial charge in [0, 0.05) is 5.69 Å². The molecule has 2 rings (SSSR count). The van der Waals surface area contributed by atoms with Crippen LogP contribution in [0.5, 0.6) is 0 Å². The smallest absolute Gasteiger partial charge is 0.335 e. The van der Waals surface area contributed by atoms with Gasteiger partial charge in [0.15, 0.2) is 0 Å². The fourth-order valence-corrected chi connectivity index (χ4v) is 2.53. The second-order valence-electron chi connectivity index (χ2n) is 4.00. The van der Waals surface area contributed by atoms with Crippen molar-refractivity contribution in [3.8, 4) is 6.07 Å². The first-order valence-electron chi connectivity index (χ1n) is 5.59. The monoisotopic (exact) mass is 288 g/mol. The zero-order chi connectivity index (χ0) is 14.7. The van der Waals surface area contributed by atoms with Crippen LogP contribution in [0, 0.1) is 24.1 Å². The quantitative estimate of drug-likeness (QED) is 0.938. The number of pyridine rings is 1. The highest BCUT2D eigenvalue weighted by atomic mass is 32.2. The standard InChI is InChI=1S/C14H9FN2O2S/c1-8-4-9(7-16)5-13(17-8)20-12-6-10(14(18)19)2-3-11(12)15/h2-6H,1H3,(H,18,19). The molecule has 0 atom stereocenters. The zero-order valence-corrected chi connectivity index (χ0v) is 11.2. The summed E-state index contributed by atoms with van der Waals surface area (Å²) in [5.74, 6) is -1.65. The molecule has 0 aliphatic rings. The van der Waals surface area contributed by atoms with Gasteiger partial charge in [0.1, 0.15) is 10.8 Å². The van der Waals surface area contributed by atoms with Crippen molar-refractivity contribution in [2.45, 2.75) is 16.8 Å². The average molecular weight is 288 g/mol. The Kier molecular flexibility index (Phi) is 4.01. The Labute approximate surface area is 118 Å². The van der Waals surface area contributed by atoms with Crippen molar-refractivity contribution in [2.75, 3.05) is 0 Å². The molecular formula is C14H9FN2O2S. The number of hydrogen-bond acceptors (Lipinski definition) is 4. The normalized spacial score (nSPS) is 10.1. The predicted molar refractivity (Wildman–Crippen MR) is 71.2 cm³/mol. The van der Waals surface area contributed by atoms with Crippen LogP contribution in [-0.4, -0.2) is 16.1 Å². The van der Waals surface area contributed by atoms with Gasteiger partial charge < -0.3 is 5.11 Å². The number of nitriles is 1. The summed E-state index contributed by atoms with van der Waals surface area (Å²) < 4.78 is 13.7. The van der Waals surface area contributed by atoms with Gasteiger partial charge in [0.25, 0.3) is 0 Å². The molecule has 4 nitrogen and oxygen atoms in total. The molecule has 0 saturated carbocycles. The molecule has 2 aromatic rings. The number of aryl methyl sites for hydroxylation is 1. The predicted octanol–water partition coefficient (Wildman–Crippen LogP) is 3.25. The van der Waals surface area contributed by atoms with Crippen molar-refractivity contribution in [1.82, 2.24) is 4.98 Å².